The fourth-order valence-electron chi connectivity index (χ4n) is 2.10. The van der Waals surface area contributed by atoms with Crippen molar-refractivity contribution >= 4 is 5.91 Å². The standard InChI is InChI=1S/C11H20N2O/c1-8-6-10(8)13-11(14)3-2-9-4-5-12-7-9/h8-10,12H,2-7H2,1H3,(H,13,14). The molecule has 3 heteroatoms. The summed E-state index contributed by atoms with van der Waals surface area (Å²) in [6, 6.07) is 0.490. The van der Waals surface area contributed by atoms with Crippen molar-refractivity contribution in [2.24, 2.45) is 11.8 Å². The van der Waals surface area contributed by atoms with Gasteiger partial charge in [0.05, 0.1) is 0 Å². The maximum Gasteiger partial charge on any atom is 0.220 e. The van der Waals surface area contributed by atoms with Gasteiger partial charge in [-0.05, 0) is 44.2 Å². The molecule has 1 saturated carbocycles. The fraction of sp³-hybridized carbons (Fsp3) is 0.909. The van der Waals surface area contributed by atoms with Gasteiger partial charge in [-0.2, -0.15) is 0 Å². The Morgan fingerprint density at radius 1 is 1.57 bits per heavy atom. The Morgan fingerprint density at radius 3 is 2.93 bits per heavy atom. The van der Waals surface area contributed by atoms with E-state index in [0.717, 1.165) is 31.8 Å². The first-order chi connectivity index (χ1) is 6.75. The number of carbonyl (C=O) groups excluding carboxylic acids is 1. The van der Waals surface area contributed by atoms with Crippen LogP contribution in [-0.2, 0) is 4.79 Å². The molecule has 2 N–H and O–H groups in total. The molecule has 0 aromatic heterocycles. The first-order valence-corrected chi connectivity index (χ1v) is 5.76. The normalized spacial score (nSPS) is 35.6. The second-order valence-electron chi connectivity index (χ2n) is 4.78. The van der Waals surface area contributed by atoms with E-state index < -0.39 is 0 Å². The molecular weight excluding hydrogens is 176 g/mol. The summed E-state index contributed by atoms with van der Waals surface area (Å²) in [5, 5.41) is 6.39. The molecule has 0 spiro atoms. The molecule has 1 saturated heterocycles. The molecule has 1 aliphatic carbocycles. The summed E-state index contributed by atoms with van der Waals surface area (Å²) in [4.78, 5) is 11.5. The first kappa shape index (κ1) is 9.97. The molecule has 14 heavy (non-hydrogen) atoms. The van der Waals surface area contributed by atoms with Crippen LogP contribution in [0.1, 0.15) is 32.6 Å². The predicted octanol–water partition coefficient (Wildman–Crippen LogP) is 0.901. The average molecular weight is 196 g/mol. The molecule has 2 aliphatic rings. The van der Waals surface area contributed by atoms with E-state index in [0.29, 0.717) is 12.0 Å². The van der Waals surface area contributed by atoms with Crippen LogP contribution in [0.4, 0.5) is 0 Å². The molecule has 0 aromatic carbocycles. The molecule has 1 heterocycles. The van der Waals surface area contributed by atoms with Crippen molar-refractivity contribution in [3.05, 3.63) is 0 Å². The van der Waals surface area contributed by atoms with E-state index in [9.17, 15) is 4.79 Å². The molecule has 3 nitrogen and oxygen atoms in total. The summed E-state index contributed by atoms with van der Waals surface area (Å²) in [5.74, 6) is 1.70. The third kappa shape index (κ3) is 2.71. The Hall–Kier alpha value is -0.570. The largest absolute Gasteiger partial charge is 0.353 e. The van der Waals surface area contributed by atoms with Crippen molar-refractivity contribution in [2.75, 3.05) is 13.1 Å². The van der Waals surface area contributed by atoms with Gasteiger partial charge in [-0.15, -0.1) is 0 Å². The van der Waals surface area contributed by atoms with Crippen LogP contribution in [0.2, 0.25) is 0 Å². The van der Waals surface area contributed by atoms with Crippen LogP contribution < -0.4 is 10.6 Å². The van der Waals surface area contributed by atoms with Gasteiger partial charge < -0.3 is 10.6 Å². The van der Waals surface area contributed by atoms with Gasteiger partial charge in [0.2, 0.25) is 5.91 Å². The highest BCUT2D eigenvalue weighted by Crippen LogP contribution is 2.29. The second-order valence-corrected chi connectivity index (χ2v) is 4.78. The molecule has 0 bridgehead atoms. The van der Waals surface area contributed by atoms with Gasteiger partial charge in [-0.25, -0.2) is 0 Å². The van der Waals surface area contributed by atoms with E-state index in [1.807, 2.05) is 0 Å². The highest BCUT2D eigenvalue weighted by Gasteiger charge is 2.33. The molecule has 3 atom stereocenters. The Bertz CT molecular complexity index is 211. The molecular formula is C11H20N2O. The zero-order chi connectivity index (χ0) is 9.97. The smallest absolute Gasteiger partial charge is 0.220 e. The van der Waals surface area contributed by atoms with Crippen LogP contribution >= 0.6 is 0 Å². The third-order valence-electron chi connectivity index (χ3n) is 3.40. The summed E-state index contributed by atoms with van der Waals surface area (Å²) in [7, 11) is 0. The molecule has 2 rings (SSSR count). The Kier molecular flexibility index (Phi) is 3.06. The number of nitrogens with one attached hydrogen (secondary N) is 2. The quantitative estimate of drug-likeness (QED) is 0.701. The van der Waals surface area contributed by atoms with Crippen LogP contribution in [0, 0.1) is 11.8 Å². The van der Waals surface area contributed by atoms with Gasteiger partial charge in [0, 0.05) is 12.5 Å². The Balaban J connectivity index is 1.57. The predicted molar refractivity (Wildman–Crippen MR) is 55.9 cm³/mol. The zero-order valence-electron chi connectivity index (χ0n) is 8.88. The van der Waals surface area contributed by atoms with E-state index in [1.165, 1.54) is 12.8 Å². The number of amides is 1. The lowest BCUT2D eigenvalue weighted by Crippen LogP contribution is -2.26. The van der Waals surface area contributed by atoms with Crippen molar-refractivity contribution in [3.8, 4) is 0 Å². The fourth-order valence-corrected chi connectivity index (χ4v) is 2.10. The van der Waals surface area contributed by atoms with Gasteiger partial charge in [0.1, 0.15) is 0 Å². The minimum absolute atomic E-state index is 0.256. The number of rotatable bonds is 4. The van der Waals surface area contributed by atoms with Crippen LogP contribution in [0.3, 0.4) is 0 Å². The van der Waals surface area contributed by atoms with E-state index in [4.69, 9.17) is 0 Å². The van der Waals surface area contributed by atoms with Crippen molar-refractivity contribution in [3.63, 3.8) is 0 Å². The lowest BCUT2D eigenvalue weighted by molar-refractivity contribution is -0.121. The molecule has 0 radical (unpaired) electrons. The summed E-state index contributed by atoms with van der Waals surface area (Å²) in [5.41, 5.74) is 0. The summed E-state index contributed by atoms with van der Waals surface area (Å²) in [6.45, 7) is 4.42. The molecule has 3 unspecified atom stereocenters. The van der Waals surface area contributed by atoms with Gasteiger partial charge in [-0.1, -0.05) is 6.92 Å². The van der Waals surface area contributed by atoms with Crippen LogP contribution in [0.15, 0.2) is 0 Å². The SMILES string of the molecule is CC1CC1NC(=O)CCC1CCNC1. The van der Waals surface area contributed by atoms with Gasteiger partial charge in [0.15, 0.2) is 0 Å². The van der Waals surface area contributed by atoms with Crippen LogP contribution in [0.5, 0.6) is 0 Å². The molecule has 80 valence electrons. The maximum absolute atomic E-state index is 11.5. The monoisotopic (exact) mass is 196 g/mol. The van der Waals surface area contributed by atoms with Gasteiger partial charge in [0.25, 0.3) is 0 Å². The summed E-state index contributed by atoms with van der Waals surface area (Å²) in [6.07, 6.45) is 4.19. The van der Waals surface area contributed by atoms with Gasteiger partial charge in [-0.3, -0.25) is 4.79 Å². The number of hydrogen-bond donors (Lipinski definition) is 2. The average Bonchev–Trinajstić information content (AvgIpc) is 2.71. The molecule has 1 amide bonds. The second kappa shape index (κ2) is 4.30. The van der Waals surface area contributed by atoms with Crippen molar-refractivity contribution in [2.45, 2.75) is 38.6 Å². The third-order valence-corrected chi connectivity index (χ3v) is 3.40. The Morgan fingerprint density at radius 2 is 2.36 bits per heavy atom. The van der Waals surface area contributed by atoms with E-state index in [1.54, 1.807) is 0 Å². The van der Waals surface area contributed by atoms with Crippen molar-refractivity contribution in [1.82, 2.24) is 10.6 Å². The molecule has 1 aliphatic heterocycles. The van der Waals surface area contributed by atoms with Crippen LogP contribution in [0.25, 0.3) is 0 Å². The number of carbonyl (C=O) groups is 1. The highest BCUT2D eigenvalue weighted by atomic mass is 16.1. The number of hydrogen-bond acceptors (Lipinski definition) is 2. The first-order valence-electron chi connectivity index (χ1n) is 5.76. The van der Waals surface area contributed by atoms with E-state index in [2.05, 4.69) is 17.6 Å². The summed E-state index contributed by atoms with van der Waals surface area (Å²) < 4.78 is 0. The lowest BCUT2D eigenvalue weighted by atomic mass is 10.0. The van der Waals surface area contributed by atoms with Crippen molar-refractivity contribution < 1.29 is 4.79 Å². The topological polar surface area (TPSA) is 41.1 Å². The molecule has 2 fully saturated rings. The van der Waals surface area contributed by atoms with E-state index in [-0.39, 0.29) is 5.91 Å². The zero-order valence-corrected chi connectivity index (χ0v) is 8.88. The maximum atomic E-state index is 11.5. The van der Waals surface area contributed by atoms with E-state index >= 15 is 0 Å². The molecule has 0 aromatic rings. The van der Waals surface area contributed by atoms with Crippen LogP contribution in [-0.4, -0.2) is 25.0 Å². The minimum atomic E-state index is 0.256. The van der Waals surface area contributed by atoms with Crippen molar-refractivity contribution in [1.29, 1.82) is 0 Å². The van der Waals surface area contributed by atoms with Gasteiger partial charge >= 0.3 is 0 Å². The minimum Gasteiger partial charge on any atom is -0.353 e. The lowest BCUT2D eigenvalue weighted by Gasteiger charge is -2.07. The Labute approximate surface area is 85.6 Å². The summed E-state index contributed by atoms with van der Waals surface area (Å²) >= 11 is 0. The highest BCUT2D eigenvalue weighted by molar-refractivity contribution is 5.76.